The third-order valence-corrected chi connectivity index (χ3v) is 4.16. The van der Waals surface area contributed by atoms with Crippen LogP contribution in [0.5, 0.6) is 23.0 Å². The molecule has 0 bridgehead atoms. The summed E-state index contributed by atoms with van der Waals surface area (Å²) in [6.07, 6.45) is -0.167. The van der Waals surface area contributed by atoms with E-state index in [0.29, 0.717) is 5.56 Å². The number of aromatic hydroxyl groups is 3. The lowest BCUT2D eigenvalue weighted by atomic mass is 9.95. The molecule has 0 aromatic heterocycles. The van der Waals surface area contributed by atoms with Crippen molar-refractivity contribution in [3.8, 4) is 23.0 Å². The van der Waals surface area contributed by atoms with Gasteiger partial charge >= 0.3 is 0 Å². The second kappa shape index (κ2) is 8.58. The molecule has 0 radical (unpaired) electrons. The Balaban J connectivity index is 2.39. The normalized spacial score (nSPS) is 11.7. The summed E-state index contributed by atoms with van der Waals surface area (Å²) in [6, 6.07) is 7.05. The number of rotatable bonds is 7. The fourth-order valence-electron chi connectivity index (χ4n) is 2.67. The molecule has 1 atom stereocenters. The van der Waals surface area contributed by atoms with Gasteiger partial charge in [-0.05, 0) is 38.0 Å². The van der Waals surface area contributed by atoms with Crippen LogP contribution in [0.1, 0.15) is 35.3 Å². The van der Waals surface area contributed by atoms with Gasteiger partial charge < -0.3 is 20.1 Å². The molecule has 0 saturated heterocycles. The van der Waals surface area contributed by atoms with Crippen molar-refractivity contribution in [2.24, 2.45) is 0 Å². The minimum atomic E-state index is -1.92. The molecule has 0 fully saturated rings. The molecule has 0 aliphatic heterocycles. The lowest BCUT2D eigenvalue weighted by Crippen LogP contribution is -2.20. The zero-order valence-electron chi connectivity index (χ0n) is 15.5. The predicted molar refractivity (Wildman–Crippen MR) is 100 cm³/mol. The van der Waals surface area contributed by atoms with Crippen molar-refractivity contribution in [1.29, 1.82) is 0 Å². The molecule has 1 unspecified atom stereocenters. The molecule has 6 heteroatoms. The van der Waals surface area contributed by atoms with Crippen LogP contribution in [0.3, 0.4) is 0 Å². The summed E-state index contributed by atoms with van der Waals surface area (Å²) >= 11 is 0. The molecule has 144 valence electrons. The number of phenolic OH excluding ortho intramolecular Hbond substituents is 3. The molecule has 0 amide bonds. The first-order valence-electron chi connectivity index (χ1n) is 8.46. The number of carbonyl (C=O) groups excluding carboxylic acids is 1. The van der Waals surface area contributed by atoms with E-state index < -0.39 is 17.7 Å². The molecule has 2 rings (SSSR count). The number of ether oxygens (including phenoxy) is 1. The molecule has 27 heavy (non-hydrogen) atoms. The van der Waals surface area contributed by atoms with Crippen LogP contribution >= 0.6 is 0 Å². The quantitative estimate of drug-likeness (QED) is 0.502. The van der Waals surface area contributed by atoms with Crippen LogP contribution in [-0.4, -0.2) is 34.4 Å². The van der Waals surface area contributed by atoms with Crippen LogP contribution in [-0.2, 0) is 12.8 Å². The Kier molecular flexibility index (Phi) is 6.45. The lowest BCUT2D eigenvalue weighted by molar-refractivity contribution is 0.0871. The Hall–Kier alpha value is -3.02. The highest BCUT2D eigenvalue weighted by molar-refractivity contribution is 6.05. The fourth-order valence-corrected chi connectivity index (χ4v) is 2.67. The van der Waals surface area contributed by atoms with Gasteiger partial charge in [-0.15, -0.1) is 0 Å². The summed E-state index contributed by atoms with van der Waals surface area (Å²) in [4.78, 5) is 12.7. The molecule has 0 aliphatic rings. The van der Waals surface area contributed by atoms with Gasteiger partial charge in [0, 0.05) is 18.1 Å². The zero-order chi connectivity index (χ0) is 20.1. The maximum absolute atomic E-state index is 14.7. The molecule has 0 heterocycles. The molecule has 3 N–H and O–H groups in total. The van der Waals surface area contributed by atoms with Crippen molar-refractivity contribution >= 4 is 5.78 Å². The Labute approximate surface area is 157 Å². The summed E-state index contributed by atoms with van der Waals surface area (Å²) in [5.74, 6) is -1.70. The third-order valence-electron chi connectivity index (χ3n) is 4.16. The van der Waals surface area contributed by atoms with Gasteiger partial charge in [0.05, 0.1) is 7.11 Å². The standard InChI is InChI=1S/C21H23FO5/c1-12(2)4-9-15-17(24)11-18(27-3)19(20(15)25)21(26)16(22)10-13-5-7-14(23)8-6-13/h4-8,11,16,23-25H,9-10H2,1-3H3. The van der Waals surface area contributed by atoms with Crippen molar-refractivity contribution in [3.05, 3.63) is 58.7 Å². The van der Waals surface area contributed by atoms with Gasteiger partial charge in [0.15, 0.2) is 6.17 Å². The number of hydrogen-bond acceptors (Lipinski definition) is 5. The summed E-state index contributed by atoms with van der Waals surface area (Å²) in [7, 11) is 1.27. The van der Waals surface area contributed by atoms with E-state index in [1.807, 2.05) is 13.8 Å². The monoisotopic (exact) mass is 374 g/mol. The highest BCUT2D eigenvalue weighted by Crippen LogP contribution is 2.39. The predicted octanol–water partition coefficient (Wildman–Crippen LogP) is 4.08. The zero-order valence-corrected chi connectivity index (χ0v) is 15.5. The number of halogens is 1. The molecule has 5 nitrogen and oxygen atoms in total. The number of hydrogen-bond donors (Lipinski definition) is 3. The van der Waals surface area contributed by atoms with Crippen molar-refractivity contribution in [2.75, 3.05) is 7.11 Å². The van der Waals surface area contributed by atoms with Crippen LogP contribution in [0.4, 0.5) is 4.39 Å². The number of benzene rings is 2. The average molecular weight is 374 g/mol. The maximum atomic E-state index is 14.7. The van der Waals surface area contributed by atoms with Gasteiger partial charge in [0.2, 0.25) is 5.78 Å². The van der Waals surface area contributed by atoms with E-state index in [2.05, 4.69) is 0 Å². The molecule has 0 aliphatic carbocycles. The van der Waals surface area contributed by atoms with E-state index in [-0.39, 0.29) is 41.2 Å². The molecule has 2 aromatic carbocycles. The van der Waals surface area contributed by atoms with Gasteiger partial charge in [-0.2, -0.15) is 0 Å². The van der Waals surface area contributed by atoms with Gasteiger partial charge in [0.25, 0.3) is 0 Å². The topological polar surface area (TPSA) is 87.0 Å². The first-order chi connectivity index (χ1) is 12.7. The smallest absolute Gasteiger partial charge is 0.204 e. The Morgan fingerprint density at radius 1 is 1.19 bits per heavy atom. The number of ketones is 1. The van der Waals surface area contributed by atoms with Crippen molar-refractivity contribution in [3.63, 3.8) is 0 Å². The number of carbonyl (C=O) groups is 1. The Morgan fingerprint density at radius 2 is 1.81 bits per heavy atom. The Bertz CT molecular complexity index is 852. The lowest BCUT2D eigenvalue weighted by Gasteiger charge is -2.16. The maximum Gasteiger partial charge on any atom is 0.204 e. The third kappa shape index (κ3) is 4.78. The number of Topliss-reactive ketones (excluding diaryl/α,β-unsaturated/α-hetero) is 1. The highest BCUT2D eigenvalue weighted by atomic mass is 19.1. The first kappa shape index (κ1) is 20.3. The Morgan fingerprint density at radius 3 is 2.37 bits per heavy atom. The van der Waals surface area contributed by atoms with Crippen molar-refractivity contribution in [1.82, 2.24) is 0 Å². The van der Waals surface area contributed by atoms with Gasteiger partial charge in [0.1, 0.15) is 28.6 Å². The minimum absolute atomic E-state index is 0.0437. The SMILES string of the molecule is COc1cc(O)c(CC=C(C)C)c(O)c1C(=O)C(F)Cc1ccc(O)cc1. The fraction of sp³-hybridized carbons (Fsp3) is 0.286. The van der Waals surface area contributed by atoms with Crippen LogP contribution in [0.15, 0.2) is 42.0 Å². The van der Waals surface area contributed by atoms with Crippen molar-refractivity contribution in [2.45, 2.75) is 32.9 Å². The van der Waals surface area contributed by atoms with Gasteiger partial charge in [-0.1, -0.05) is 23.8 Å². The number of methoxy groups -OCH3 is 1. The summed E-state index contributed by atoms with van der Waals surface area (Å²) < 4.78 is 19.7. The average Bonchev–Trinajstić information content (AvgIpc) is 2.62. The second-order valence-electron chi connectivity index (χ2n) is 6.49. The van der Waals surface area contributed by atoms with E-state index in [4.69, 9.17) is 4.74 Å². The summed E-state index contributed by atoms with van der Waals surface area (Å²) in [6.45, 7) is 3.72. The minimum Gasteiger partial charge on any atom is -0.508 e. The summed E-state index contributed by atoms with van der Waals surface area (Å²) in [5.41, 5.74) is 1.33. The van der Waals surface area contributed by atoms with E-state index in [1.165, 1.54) is 37.4 Å². The molecule has 0 spiro atoms. The van der Waals surface area contributed by atoms with E-state index >= 15 is 0 Å². The van der Waals surface area contributed by atoms with E-state index in [0.717, 1.165) is 5.57 Å². The first-order valence-corrected chi connectivity index (χ1v) is 8.46. The summed E-state index contributed by atoms with van der Waals surface area (Å²) in [5, 5.41) is 29.9. The highest BCUT2D eigenvalue weighted by Gasteiger charge is 2.29. The number of phenols is 3. The molecule has 0 saturated carbocycles. The van der Waals surface area contributed by atoms with Gasteiger partial charge in [-0.3, -0.25) is 4.79 Å². The van der Waals surface area contributed by atoms with Gasteiger partial charge in [-0.25, -0.2) is 4.39 Å². The largest absolute Gasteiger partial charge is 0.508 e. The van der Waals surface area contributed by atoms with Crippen LogP contribution in [0.25, 0.3) is 0 Å². The van der Waals surface area contributed by atoms with Crippen LogP contribution in [0.2, 0.25) is 0 Å². The molecular formula is C21H23FO5. The van der Waals surface area contributed by atoms with Crippen LogP contribution < -0.4 is 4.74 Å². The molecular weight excluding hydrogens is 351 g/mol. The van der Waals surface area contributed by atoms with E-state index in [9.17, 15) is 24.5 Å². The molecule has 2 aromatic rings. The number of allylic oxidation sites excluding steroid dienone is 2. The van der Waals surface area contributed by atoms with Crippen molar-refractivity contribution < 1.29 is 29.2 Å². The van der Waals surface area contributed by atoms with Crippen LogP contribution in [0, 0.1) is 0 Å². The number of alkyl halides is 1. The van der Waals surface area contributed by atoms with E-state index in [1.54, 1.807) is 6.08 Å². The second-order valence-corrected chi connectivity index (χ2v) is 6.49.